The first-order valence-corrected chi connectivity index (χ1v) is 11.3. The maximum atomic E-state index is 2.46. The lowest BCUT2D eigenvalue weighted by Crippen LogP contribution is -2.20. The van der Waals surface area contributed by atoms with Crippen molar-refractivity contribution in [2.45, 2.75) is 25.3 Å². The van der Waals surface area contributed by atoms with Crippen molar-refractivity contribution in [1.82, 2.24) is 4.90 Å². The summed E-state index contributed by atoms with van der Waals surface area (Å²) < 4.78 is 0. The summed E-state index contributed by atoms with van der Waals surface area (Å²) in [7, 11) is 2.24. The monoisotopic (exact) mass is 403 g/mol. The van der Waals surface area contributed by atoms with Crippen molar-refractivity contribution in [2.24, 2.45) is 0 Å². The molecule has 1 aliphatic carbocycles. The molecule has 0 N–H and O–H groups in total. The summed E-state index contributed by atoms with van der Waals surface area (Å²) in [6, 6.07) is 33.2. The van der Waals surface area contributed by atoms with E-state index in [1.807, 2.05) is 0 Å². The molecule has 1 heteroatoms. The third-order valence-electron chi connectivity index (χ3n) is 6.48. The van der Waals surface area contributed by atoms with Crippen LogP contribution in [0.3, 0.4) is 0 Å². The van der Waals surface area contributed by atoms with Gasteiger partial charge in [-0.05, 0) is 71.1 Å². The van der Waals surface area contributed by atoms with E-state index in [1.165, 1.54) is 45.0 Å². The van der Waals surface area contributed by atoms with Crippen LogP contribution in [-0.2, 0) is 6.54 Å². The summed E-state index contributed by atoms with van der Waals surface area (Å²) in [5, 5.41) is 2.64. The normalized spacial score (nSPS) is 13.2. The van der Waals surface area contributed by atoms with Gasteiger partial charge in [0.15, 0.2) is 0 Å². The van der Waals surface area contributed by atoms with Crippen LogP contribution < -0.4 is 0 Å². The van der Waals surface area contributed by atoms with E-state index in [2.05, 4.69) is 115 Å². The van der Waals surface area contributed by atoms with Crippen LogP contribution in [0.15, 0.2) is 91.0 Å². The van der Waals surface area contributed by atoms with Crippen LogP contribution >= 0.6 is 0 Å². The van der Waals surface area contributed by atoms with Crippen LogP contribution in [0.5, 0.6) is 0 Å². The van der Waals surface area contributed by atoms with Crippen LogP contribution in [0.25, 0.3) is 22.9 Å². The summed E-state index contributed by atoms with van der Waals surface area (Å²) in [5.41, 5.74) is 7.01. The minimum Gasteiger partial charge on any atom is -0.302 e. The first kappa shape index (κ1) is 19.8. The number of nitrogens with zero attached hydrogens (tertiary/aromatic N) is 1. The van der Waals surface area contributed by atoms with Gasteiger partial charge < -0.3 is 4.90 Å². The second-order valence-electron chi connectivity index (χ2n) is 8.71. The van der Waals surface area contributed by atoms with Crippen LogP contribution in [-0.4, -0.2) is 18.5 Å². The highest BCUT2D eigenvalue weighted by atomic mass is 15.1. The van der Waals surface area contributed by atoms with Crippen molar-refractivity contribution in [3.8, 4) is 0 Å². The topological polar surface area (TPSA) is 3.24 Å². The molecule has 0 saturated heterocycles. The highest BCUT2D eigenvalue weighted by molar-refractivity contribution is 5.83. The molecule has 0 heterocycles. The lowest BCUT2D eigenvalue weighted by molar-refractivity contribution is 0.316. The Balaban J connectivity index is 1.28. The van der Waals surface area contributed by atoms with Crippen molar-refractivity contribution in [2.75, 3.05) is 13.6 Å². The minimum absolute atomic E-state index is 0.455. The van der Waals surface area contributed by atoms with Gasteiger partial charge >= 0.3 is 0 Å². The maximum Gasteiger partial charge on any atom is 0.0230 e. The summed E-state index contributed by atoms with van der Waals surface area (Å²) >= 11 is 0. The lowest BCUT2D eigenvalue weighted by Gasteiger charge is -2.22. The smallest absolute Gasteiger partial charge is 0.0230 e. The SMILES string of the molecule is CN(CCCC1c2ccccc2C=Cc2ccccc21)Cc1ccc2ccccc2c1. The van der Waals surface area contributed by atoms with E-state index >= 15 is 0 Å². The molecule has 1 nitrogen and oxygen atoms in total. The van der Waals surface area contributed by atoms with Gasteiger partial charge in [0.25, 0.3) is 0 Å². The molecule has 0 radical (unpaired) electrons. The molecule has 0 unspecified atom stereocenters. The van der Waals surface area contributed by atoms with Gasteiger partial charge in [-0.1, -0.05) is 97.1 Å². The molecule has 4 aromatic rings. The predicted octanol–water partition coefficient (Wildman–Crippen LogP) is 7.37. The van der Waals surface area contributed by atoms with Crippen LogP contribution in [0.1, 0.15) is 46.6 Å². The summed E-state index contributed by atoms with van der Waals surface area (Å²) in [6.07, 6.45) is 6.90. The van der Waals surface area contributed by atoms with E-state index in [0.29, 0.717) is 5.92 Å². The Kier molecular flexibility index (Phi) is 5.69. The van der Waals surface area contributed by atoms with Crippen LogP contribution in [0.4, 0.5) is 0 Å². The third-order valence-corrected chi connectivity index (χ3v) is 6.48. The van der Waals surface area contributed by atoms with Gasteiger partial charge in [0.05, 0.1) is 0 Å². The van der Waals surface area contributed by atoms with Gasteiger partial charge in [-0.3, -0.25) is 0 Å². The number of benzene rings is 4. The van der Waals surface area contributed by atoms with Crippen molar-refractivity contribution >= 4 is 22.9 Å². The molecular weight excluding hydrogens is 374 g/mol. The van der Waals surface area contributed by atoms with Crippen molar-refractivity contribution in [3.63, 3.8) is 0 Å². The minimum atomic E-state index is 0.455. The fourth-order valence-electron chi connectivity index (χ4n) is 4.91. The van der Waals surface area contributed by atoms with Gasteiger partial charge in [-0.25, -0.2) is 0 Å². The van der Waals surface area contributed by atoms with Gasteiger partial charge in [-0.2, -0.15) is 0 Å². The molecule has 5 rings (SSSR count). The summed E-state index contributed by atoms with van der Waals surface area (Å²) in [4.78, 5) is 2.46. The molecular formula is C30H29N. The molecule has 0 bridgehead atoms. The third kappa shape index (κ3) is 4.33. The molecule has 0 fully saturated rings. The Bertz CT molecular complexity index is 1170. The Morgan fingerprint density at radius 2 is 1.29 bits per heavy atom. The average Bonchev–Trinajstić information content (AvgIpc) is 2.96. The summed E-state index contributed by atoms with van der Waals surface area (Å²) in [6.45, 7) is 2.09. The highest BCUT2D eigenvalue weighted by Gasteiger charge is 2.20. The molecule has 0 atom stereocenters. The number of fused-ring (bicyclic) bond motifs is 3. The molecule has 154 valence electrons. The Morgan fingerprint density at radius 3 is 2.00 bits per heavy atom. The largest absolute Gasteiger partial charge is 0.302 e. The van der Waals surface area contributed by atoms with Gasteiger partial charge in [0, 0.05) is 12.5 Å². The second kappa shape index (κ2) is 8.91. The van der Waals surface area contributed by atoms with E-state index in [4.69, 9.17) is 0 Å². The first-order valence-electron chi connectivity index (χ1n) is 11.3. The predicted molar refractivity (Wildman–Crippen MR) is 133 cm³/mol. The maximum absolute atomic E-state index is 2.46. The molecule has 0 saturated carbocycles. The van der Waals surface area contributed by atoms with E-state index in [9.17, 15) is 0 Å². The Morgan fingerprint density at radius 1 is 0.677 bits per heavy atom. The average molecular weight is 404 g/mol. The van der Waals surface area contributed by atoms with E-state index in [-0.39, 0.29) is 0 Å². The Labute approximate surface area is 185 Å². The zero-order chi connectivity index (χ0) is 21.0. The van der Waals surface area contributed by atoms with Crippen molar-refractivity contribution in [3.05, 3.63) is 119 Å². The highest BCUT2D eigenvalue weighted by Crippen LogP contribution is 2.37. The van der Waals surface area contributed by atoms with Crippen molar-refractivity contribution < 1.29 is 0 Å². The summed E-state index contributed by atoms with van der Waals surface area (Å²) in [5.74, 6) is 0.455. The molecule has 1 aliphatic rings. The molecule has 0 aromatic heterocycles. The van der Waals surface area contributed by atoms with Gasteiger partial charge in [-0.15, -0.1) is 0 Å². The Hall–Kier alpha value is -3.16. The standard InChI is InChI=1S/C30H29N/c1-31(22-23-16-17-24-9-2-3-12-27(24)21-23)20-8-15-30-28-13-6-4-10-25(28)18-19-26-11-5-7-14-29(26)30/h2-7,9-14,16-19,21,30H,8,15,20,22H2,1H3. The number of hydrogen-bond acceptors (Lipinski definition) is 1. The quantitative estimate of drug-likeness (QED) is 0.325. The van der Waals surface area contributed by atoms with E-state index in [0.717, 1.165) is 19.5 Å². The zero-order valence-electron chi connectivity index (χ0n) is 18.2. The molecule has 0 aliphatic heterocycles. The molecule has 31 heavy (non-hydrogen) atoms. The van der Waals surface area contributed by atoms with E-state index in [1.54, 1.807) is 0 Å². The fraction of sp³-hybridized carbons (Fsp3) is 0.200. The number of hydrogen-bond donors (Lipinski definition) is 0. The van der Waals surface area contributed by atoms with Crippen molar-refractivity contribution in [1.29, 1.82) is 0 Å². The molecule has 0 spiro atoms. The molecule has 0 amide bonds. The fourth-order valence-corrected chi connectivity index (χ4v) is 4.91. The van der Waals surface area contributed by atoms with Gasteiger partial charge in [0.1, 0.15) is 0 Å². The zero-order valence-corrected chi connectivity index (χ0v) is 18.2. The lowest BCUT2D eigenvalue weighted by atomic mass is 9.84. The number of rotatable bonds is 6. The van der Waals surface area contributed by atoms with E-state index < -0.39 is 0 Å². The van der Waals surface area contributed by atoms with Crippen LogP contribution in [0.2, 0.25) is 0 Å². The van der Waals surface area contributed by atoms with Gasteiger partial charge in [0.2, 0.25) is 0 Å². The first-order chi connectivity index (χ1) is 15.3. The molecule has 4 aromatic carbocycles. The van der Waals surface area contributed by atoms with Crippen LogP contribution in [0, 0.1) is 0 Å². The second-order valence-corrected chi connectivity index (χ2v) is 8.71.